The highest BCUT2D eigenvalue weighted by atomic mass is 16.5. The number of nitriles is 1. The van der Waals surface area contributed by atoms with Crippen LogP contribution in [-0.2, 0) is 9.53 Å². The van der Waals surface area contributed by atoms with Crippen LogP contribution in [0.25, 0.3) is 5.57 Å². The minimum atomic E-state index is -0.658. The molecule has 1 aromatic rings. The molecule has 100 valence electrons. The molecule has 19 heavy (non-hydrogen) atoms. The maximum atomic E-state index is 11.5. The van der Waals surface area contributed by atoms with Crippen LogP contribution in [0.3, 0.4) is 0 Å². The lowest BCUT2D eigenvalue weighted by atomic mass is 10.0. The van der Waals surface area contributed by atoms with Crippen molar-refractivity contribution in [2.45, 2.75) is 6.92 Å². The number of benzene rings is 1. The van der Waals surface area contributed by atoms with Crippen molar-refractivity contribution in [2.24, 2.45) is 0 Å². The molecule has 5 heteroatoms. The molecule has 1 aromatic carbocycles. The summed E-state index contributed by atoms with van der Waals surface area (Å²) in [6, 6.07) is 7.01. The van der Waals surface area contributed by atoms with Crippen molar-refractivity contribution in [3.05, 3.63) is 29.3 Å². The number of carbonyl (C=O) groups excluding carboxylic acids is 1. The predicted octanol–water partition coefficient (Wildman–Crippen LogP) is 2.17. The highest BCUT2D eigenvalue weighted by Gasteiger charge is 2.15. The molecule has 0 unspecified atom stereocenters. The van der Waals surface area contributed by atoms with E-state index < -0.39 is 5.97 Å². The predicted molar refractivity (Wildman–Crippen MR) is 69.8 cm³/mol. The molecule has 0 aliphatic rings. The van der Waals surface area contributed by atoms with Crippen LogP contribution in [0.5, 0.6) is 11.5 Å². The first-order chi connectivity index (χ1) is 9.08. The maximum Gasteiger partial charge on any atom is 0.348 e. The summed E-state index contributed by atoms with van der Waals surface area (Å²) < 4.78 is 14.9. The summed E-state index contributed by atoms with van der Waals surface area (Å²) in [5, 5.41) is 9.02. The molecule has 0 atom stereocenters. The summed E-state index contributed by atoms with van der Waals surface area (Å²) in [5.41, 5.74) is 1.18. The van der Waals surface area contributed by atoms with Crippen LogP contribution < -0.4 is 9.47 Å². The zero-order valence-electron chi connectivity index (χ0n) is 11.3. The Bertz CT molecular complexity index is 555. The fourth-order valence-corrected chi connectivity index (χ4v) is 1.60. The number of methoxy groups -OCH3 is 3. The van der Waals surface area contributed by atoms with Crippen LogP contribution >= 0.6 is 0 Å². The van der Waals surface area contributed by atoms with Crippen LogP contribution in [-0.4, -0.2) is 27.3 Å². The van der Waals surface area contributed by atoms with Gasteiger partial charge in [-0.2, -0.15) is 5.26 Å². The summed E-state index contributed by atoms with van der Waals surface area (Å²) in [6.07, 6.45) is 0. The summed E-state index contributed by atoms with van der Waals surface area (Å²) in [5.74, 6) is 0.451. The molecular weight excluding hydrogens is 246 g/mol. The van der Waals surface area contributed by atoms with Gasteiger partial charge in [0, 0.05) is 0 Å². The Morgan fingerprint density at radius 3 is 2.26 bits per heavy atom. The highest BCUT2D eigenvalue weighted by Crippen LogP contribution is 2.31. The van der Waals surface area contributed by atoms with Crippen LogP contribution in [0.15, 0.2) is 23.8 Å². The normalized spacial score (nSPS) is 11.1. The van der Waals surface area contributed by atoms with Gasteiger partial charge in [-0.05, 0) is 30.2 Å². The molecule has 0 N–H and O–H groups in total. The first-order valence-electron chi connectivity index (χ1n) is 5.50. The van der Waals surface area contributed by atoms with E-state index in [0.29, 0.717) is 22.6 Å². The molecule has 0 heterocycles. The minimum Gasteiger partial charge on any atom is -0.493 e. The molecule has 0 amide bonds. The molecule has 0 saturated heterocycles. The SMILES string of the molecule is COC(=O)/C(C#N)=C(/C)c1ccc(OC)c(OC)c1. The Balaban J connectivity index is 3.34. The topological polar surface area (TPSA) is 68.6 Å². The molecule has 1 rings (SSSR count). The van der Waals surface area contributed by atoms with Gasteiger partial charge < -0.3 is 14.2 Å². The summed E-state index contributed by atoms with van der Waals surface area (Å²) in [6.45, 7) is 1.68. The minimum absolute atomic E-state index is 0.0327. The molecule has 0 aliphatic carbocycles. The lowest BCUT2D eigenvalue weighted by Gasteiger charge is -2.10. The molecule has 0 bridgehead atoms. The molecule has 0 fully saturated rings. The number of hydrogen-bond donors (Lipinski definition) is 0. The third kappa shape index (κ3) is 3.05. The largest absolute Gasteiger partial charge is 0.493 e. The maximum absolute atomic E-state index is 11.5. The van der Waals surface area contributed by atoms with E-state index in [4.69, 9.17) is 14.7 Å². The Hall–Kier alpha value is -2.48. The number of esters is 1. The Kier molecular flexibility index (Phi) is 4.95. The molecule has 0 aliphatic heterocycles. The van der Waals surface area contributed by atoms with Crippen molar-refractivity contribution in [1.29, 1.82) is 5.26 Å². The lowest BCUT2D eigenvalue weighted by molar-refractivity contribution is -0.135. The molecular formula is C14H15NO4. The van der Waals surface area contributed by atoms with Gasteiger partial charge in [0.05, 0.1) is 21.3 Å². The van der Waals surface area contributed by atoms with Crippen molar-refractivity contribution in [3.8, 4) is 17.6 Å². The van der Waals surface area contributed by atoms with Crippen molar-refractivity contribution in [3.63, 3.8) is 0 Å². The second-order valence-electron chi connectivity index (χ2n) is 3.67. The van der Waals surface area contributed by atoms with E-state index in [2.05, 4.69) is 4.74 Å². The van der Waals surface area contributed by atoms with E-state index in [0.717, 1.165) is 0 Å². The summed E-state index contributed by atoms with van der Waals surface area (Å²) >= 11 is 0. The van der Waals surface area contributed by atoms with Gasteiger partial charge in [0.15, 0.2) is 11.5 Å². The van der Waals surface area contributed by atoms with Crippen LogP contribution in [0, 0.1) is 11.3 Å². The Morgan fingerprint density at radius 2 is 1.79 bits per heavy atom. The van der Waals surface area contributed by atoms with E-state index >= 15 is 0 Å². The monoisotopic (exact) mass is 261 g/mol. The Morgan fingerprint density at radius 1 is 1.16 bits per heavy atom. The molecule has 5 nitrogen and oxygen atoms in total. The zero-order chi connectivity index (χ0) is 14.4. The average molecular weight is 261 g/mol. The molecule has 0 saturated carbocycles. The third-order valence-electron chi connectivity index (χ3n) is 2.69. The van der Waals surface area contributed by atoms with Gasteiger partial charge in [-0.3, -0.25) is 0 Å². The molecule has 0 radical (unpaired) electrons. The number of carbonyl (C=O) groups is 1. The van der Waals surface area contributed by atoms with Crippen molar-refractivity contribution in [1.82, 2.24) is 0 Å². The van der Waals surface area contributed by atoms with Gasteiger partial charge in [0.2, 0.25) is 0 Å². The van der Waals surface area contributed by atoms with Gasteiger partial charge >= 0.3 is 5.97 Å². The third-order valence-corrected chi connectivity index (χ3v) is 2.69. The van der Waals surface area contributed by atoms with E-state index in [1.807, 2.05) is 6.07 Å². The van der Waals surface area contributed by atoms with Gasteiger partial charge in [0.1, 0.15) is 11.6 Å². The fourth-order valence-electron chi connectivity index (χ4n) is 1.60. The van der Waals surface area contributed by atoms with E-state index in [1.54, 1.807) is 25.1 Å². The van der Waals surface area contributed by atoms with Gasteiger partial charge in [-0.15, -0.1) is 0 Å². The summed E-state index contributed by atoms with van der Waals surface area (Å²) in [7, 11) is 4.29. The number of rotatable bonds is 4. The van der Waals surface area contributed by atoms with Crippen LogP contribution in [0.1, 0.15) is 12.5 Å². The van der Waals surface area contributed by atoms with Gasteiger partial charge in [0.25, 0.3) is 0 Å². The van der Waals surface area contributed by atoms with E-state index in [1.165, 1.54) is 21.3 Å². The van der Waals surface area contributed by atoms with Crippen molar-refractivity contribution in [2.75, 3.05) is 21.3 Å². The number of hydrogen-bond acceptors (Lipinski definition) is 5. The quantitative estimate of drug-likeness (QED) is 0.472. The first-order valence-corrected chi connectivity index (χ1v) is 5.50. The van der Waals surface area contributed by atoms with E-state index in [9.17, 15) is 4.79 Å². The molecule has 0 spiro atoms. The van der Waals surface area contributed by atoms with Crippen LogP contribution in [0.4, 0.5) is 0 Å². The average Bonchev–Trinajstić information content (AvgIpc) is 2.46. The second-order valence-corrected chi connectivity index (χ2v) is 3.67. The van der Waals surface area contributed by atoms with E-state index in [-0.39, 0.29) is 5.57 Å². The van der Waals surface area contributed by atoms with Crippen molar-refractivity contribution < 1.29 is 19.0 Å². The zero-order valence-corrected chi connectivity index (χ0v) is 11.3. The standard InChI is InChI=1S/C14H15NO4/c1-9(11(8-15)14(16)19-4)10-5-6-12(17-2)13(7-10)18-3/h5-7H,1-4H3/b11-9-. The lowest BCUT2D eigenvalue weighted by Crippen LogP contribution is -2.05. The second kappa shape index (κ2) is 6.45. The van der Waals surface area contributed by atoms with Gasteiger partial charge in [-0.25, -0.2) is 4.79 Å². The number of nitrogens with zero attached hydrogens (tertiary/aromatic N) is 1. The smallest absolute Gasteiger partial charge is 0.348 e. The van der Waals surface area contributed by atoms with Gasteiger partial charge in [-0.1, -0.05) is 6.07 Å². The number of ether oxygens (including phenoxy) is 3. The Labute approximate surface area is 112 Å². The fraction of sp³-hybridized carbons (Fsp3) is 0.286. The summed E-state index contributed by atoms with van der Waals surface area (Å²) in [4.78, 5) is 11.5. The first kappa shape index (κ1) is 14.6. The van der Waals surface area contributed by atoms with Crippen molar-refractivity contribution >= 4 is 11.5 Å². The highest BCUT2D eigenvalue weighted by molar-refractivity contribution is 6.01. The van der Waals surface area contributed by atoms with Crippen LogP contribution in [0.2, 0.25) is 0 Å². The molecule has 0 aromatic heterocycles. The number of allylic oxidation sites excluding steroid dienone is 1.